The SMILES string of the molecule is CC[C@@H](c1ccc(F)cc1C)N1CCNCC1. The fourth-order valence-corrected chi connectivity index (χ4v) is 2.68. The van der Waals surface area contributed by atoms with Gasteiger partial charge < -0.3 is 5.32 Å². The highest BCUT2D eigenvalue weighted by atomic mass is 19.1. The second-order valence-corrected chi connectivity index (χ2v) is 4.71. The Kier molecular flexibility index (Phi) is 4.13. The van der Waals surface area contributed by atoms with Crippen LogP contribution in [0.1, 0.15) is 30.5 Å². The minimum absolute atomic E-state index is 0.138. The predicted octanol–water partition coefficient (Wildman–Crippen LogP) is 2.49. The number of nitrogens with zero attached hydrogens (tertiary/aromatic N) is 1. The molecule has 1 aliphatic heterocycles. The lowest BCUT2D eigenvalue weighted by Crippen LogP contribution is -2.45. The van der Waals surface area contributed by atoms with Crippen molar-refractivity contribution < 1.29 is 4.39 Å². The summed E-state index contributed by atoms with van der Waals surface area (Å²) in [5.41, 5.74) is 2.34. The van der Waals surface area contributed by atoms with Gasteiger partial charge in [0.1, 0.15) is 5.82 Å². The summed E-state index contributed by atoms with van der Waals surface area (Å²) in [5.74, 6) is -0.138. The van der Waals surface area contributed by atoms with Crippen LogP contribution in [0.2, 0.25) is 0 Å². The molecular weight excluding hydrogens is 215 g/mol. The van der Waals surface area contributed by atoms with Crippen LogP contribution in [-0.2, 0) is 0 Å². The Morgan fingerprint density at radius 2 is 2.06 bits per heavy atom. The Morgan fingerprint density at radius 1 is 1.35 bits per heavy atom. The lowest BCUT2D eigenvalue weighted by Gasteiger charge is -2.35. The highest BCUT2D eigenvalue weighted by Gasteiger charge is 2.21. The molecule has 0 radical (unpaired) electrons. The van der Waals surface area contributed by atoms with Gasteiger partial charge in [0, 0.05) is 32.2 Å². The Labute approximate surface area is 103 Å². The second kappa shape index (κ2) is 5.61. The molecule has 94 valence electrons. The summed E-state index contributed by atoms with van der Waals surface area (Å²) < 4.78 is 13.1. The number of benzene rings is 1. The van der Waals surface area contributed by atoms with E-state index in [0.29, 0.717) is 6.04 Å². The van der Waals surface area contributed by atoms with Gasteiger partial charge in [0.05, 0.1) is 0 Å². The molecule has 1 aromatic rings. The van der Waals surface area contributed by atoms with Gasteiger partial charge in [0.2, 0.25) is 0 Å². The van der Waals surface area contributed by atoms with Crippen molar-refractivity contribution in [2.75, 3.05) is 26.2 Å². The zero-order valence-corrected chi connectivity index (χ0v) is 10.7. The monoisotopic (exact) mass is 236 g/mol. The minimum Gasteiger partial charge on any atom is -0.314 e. The van der Waals surface area contributed by atoms with Gasteiger partial charge in [-0.15, -0.1) is 0 Å². The van der Waals surface area contributed by atoms with Crippen molar-refractivity contribution in [3.63, 3.8) is 0 Å². The number of hydrogen-bond acceptors (Lipinski definition) is 2. The van der Waals surface area contributed by atoms with E-state index in [1.54, 1.807) is 12.1 Å². The summed E-state index contributed by atoms with van der Waals surface area (Å²) in [6, 6.07) is 5.59. The number of rotatable bonds is 3. The normalized spacial score (nSPS) is 19.2. The maximum Gasteiger partial charge on any atom is 0.123 e. The first kappa shape index (κ1) is 12.5. The van der Waals surface area contributed by atoms with Gasteiger partial charge in [-0.2, -0.15) is 0 Å². The van der Waals surface area contributed by atoms with E-state index in [0.717, 1.165) is 38.2 Å². The fraction of sp³-hybridized carbons (Fsp3) is 0.571. The van der Waals surface area contributed by atoms with E-state index >= 15 is 0 Å². The fourth-order valence-electron chi connectivity index (χ4n) is 2.68. The highest BCUT2D eigenvalue weighted by Crippen LogP contribution is 2.27. The molecule has 0 spiro atoms. The van der Waals surface area contributed by atoms with Crippen LogP contribution in [0.15, 0.2) is 18.2 Å². The van der Waals surface area contributed by atoms with Crippen LogP contribution >= 0.6 is 0 Å². The molecule has 3 heteroatoms. The van der Waals surface area contributed by atoms with Crippen LogP contribution in [0.3, 0.4) is 0 Å². The second-order valence-electron chi connectivity index (χ2n) is 4.71. The van der Waals surface area contributed by atoms with Crippen LogP contribution in [-0.4, -0.2) is 31.1 Å². The average molecular weight is 236 g/mol. The zero-order valence-electron chi connectivity index (χ0n) is 10.7. The molecule has 1 atom stereocenters. The zero-order chi connectivity index (χ0) is 12.3. The summed E-state index contributed by atoms with van der Waals surface area (Å²) >= 11 is 0. The molecule has 1 saturated heterocycles. The molecule has 0 aromatic heterocycles. The van der Waals surface area contributed by atoms with E-state index in [9.17, 15) is 4.39 Å². The molecular formula is C14H21FN2. The van der Waals surface area contributed by atoms with Crippen LogP contribution in [0, 0.1) is 12.7 Å². The first-order valence-corrected chi connectivity index (χ1v) is 6.43. The van der Waals surface area contributed by atoms with Crippen molar-refractivity contribution >= 4 is 0 Å². The van der Waals surface area contributed by atoms with Gasteiger partial charge in [-0.05, 0) is 36.6 Å². The first-order chi connectivity index (χ1) is 8.22. The van der Waals surface area contributed by atoms with Crippen LogP contribution in [0.4, 0.5) is 4.39 Å². The van der Waals surface area contributed by atoms with Crippen LogP contribution in [0.5, 0.6) is 0 Å². The maximum absolute atomic E-state index is 13.1. The number of hydrogen-bond donors (Lipinski definition) is 1. The van der Waals surface area contributed by atoms with Gasteiger partial charge >= 0.3 is 0 Å². The Morgan fingerprint density at radius 3 is 2.65 bits per heavy atom. The van der Waals surface area contributed by atoms with E-state index < -0.39 is 0 Å². The van der Waals surface area contributed by atoms with E-state index in [1.165, 1.54) is 5.56 Å². The van der Waals surface area contributed by atoms with Gasteiger partial charge in [0.25, 0.3) is 0 Å². The maximum atomic E-state index is 13.1. The van der Waals surface area contributed by atoms with E-state index in [2.05, 4.69) is 17.1 Å². The van der Waals surface area contributed by atoms with Gasteiger partial charge in [0.15, 0.2) is 0 Å². The number of nitrogens with one attached hydrogen (secondary N) is 1. The van der Waals surface area contributed by atoms with Crippen molar-refractivity contribution in [3.8, 4) is 0 Å². The third-order valence-electron chi connectivity index (χ3n) is 3.57. The standard InChI is InChI=1S/C14H21FN2/c1-3-14(17-8-6-16-7-9-17)13-5-4-12(15)10-11(13)2/h4-5,10,14,16H,3,6-9H2,1-2H3/t14-/m0/s1. The molecule has 0 saturated carbocycles. The van der Waals surface area contributed by atoms with E-state index in [4.69, 9.17) is 0 Å². The molecule has 0 aliphatic carbocycles. The number of halogens is 1. The smallest absolute Gasteiger partial charge is 0.123 e. The van der Waals surface area contributed by atoms with Gasteiger partial charge in [-0.25, -0.2) is 4.39 Å². The van der Waals surface area contributed by atoms with E-state index in [1.807, 2.05) is 13.0 Å². The number of piperazine rings is 1. The molecule has 1 N–H and O–H groups in total. The molecule has 0 amide bonds. The lowest BCUT2D eigenvalue weighted by atomic mass is 9.97. The summed E-state index contributed by atoms with van der Waals surface area (Å²) in [5, 5.41) is 3.37. The third kappa shape index (κ3) is 2.85. The Hall–Kier alpha value is -0.930. The summed E-state index contributed by atoms with van der Waals surface area (Å²) in [6.45, 7) is 8.47. The van der Waals surface area contributed by atoms with Gasteiger partial charge in [-0.3, -0.25) is 4.90 Å². The topological polar surface area (TPSA) is 15.3 Å². The minimum atomic E-state index is -0.138. The predicted molar refractivity (Wildman–Crippen MR) is 68.6 cm³/mol. The van der Waals surface area contributed by atoms with Crippen molar-refractivity contribution in [3.05, 3.63) is 35.1 Å². The molecule has 1 heterocycles. The van der Waals surface area contributed by atoms with Crippen molar-refractivity contribution in [1.29, 1.82) is 0 Å². The average Bonchev–Trinajstić information content (AvgIpc) is 2.34. The Bertz CT molecular complexity index is 372. The number of aryl methyl sites for hydroxylation is 1. The van der Waals surface area contributed by atoms with Crippen molar-refractivity contribution in [2.24, 2.45) is 0 Å². The van der Waals surface area contributed by atoms with Crippen molar-refractivity contribution in [2.45, 2.75) is 26.3 Å². The van der Waals surface area contributed by atoms with Crippen LogP contribution < -0.4 is 5.32 Å². The summed E-state index contributed by atoms with van der Waals surface area (Å²) in [4.78, 5) is 2.50. The molecule has 1 aliphatic rings. The molecule has 2 rings (SSSR count). The molecule has 0 unspecified atom stereocenters. The Balaban J connectivity index is 2.21. The van der Waals surface area contributed by atoms with Crippen molar-refractivity contribution in [1.82, 2.24) is 10.2 Å². The molecule has 0 bridgehead atoms. The van der Waals surface area contributed by atoms with Gasteiger partial charge in [-0.1, -0.05) is 13.0 Å². The summed E-state index contributed by atoms with van der Waals surface area (Å²) in [6.07, 6.45) is 1.08. The molecule has 17 heavy (non-hydrogen) atoms. The highest BCUT2D eigenvalue weighted by molar-refractivity contribution is 5.29. The van der Waals surface area contributed by atoms with E-state index in [-0.39, 0.29) is 5.82 Å². The molecule has 2 nitrogen and oxygen atoms in total. The molecule has 1 aromatic carbocycles. The first-order valence-electron chi connectivity index (χ1n) is 6.43. The molecule has 1 fully saturated rings. The quantitative estimate of drug-likeness (QED) is 0.867. The lowest BCUT2D eigenvalue weighted by molar-refractivity contribution is 0.169. The van der Waals surface area contributed by atoms with Crippen LogP contribution in [0.25, 0.3) is 0 Å². The largest absolute Gasteiger partial charge is 0.314 e. The summed E-state index contributed by atoms with van der Waals surface area (Å²) in [7, 11) is 0. The third-order valence-corrected chi connectivity index (χ3v) is 3.57.